The lowest BCUT2D eigenvalue weighted by molar-refractivity contribution is 0.619. The van der Waals surface area contributed by atoms with E-state index in [2.05, 4.69) is 10.1 Å². The number of hydrogen-bond acceptors (Lipinski definition) is 4. The predicted octanol–water partition coefficient (Wildman–Crippen LogP) is 4.25. The molecule has 0 bridgehead atoms. The van der Waals surface area contributed by atoms with E-state index in [1.165, 1.54) is 4.68 Å². The van der Waals surface area contributed by atoms with Gasteiger partial charge in [-0.1, -0.05) is 36.4 Å². The predicted molar refractivity (Wildman–Crippen MR) is 109 cm³/mol. The number of aromatic nitrogens is 3. The molecule has 0 unspecified atom stereocenters. The van der Waals surface area contributed by atoms with Crippen LogP contribution in [0.25, 0.3) is 22.2 Å². The highest BCUT2D eigenvalue weighted by atomic mass is 16.1. The first-order chi connectivity index (χ1) is 13.2. The summed E-state index contributed by atoms with van der Waals surface area (Å²) in [6.45, 7) is 2.44. The van der Waals surface area contributed by atoms with Crippen LogP contribution >= 0.6 is 0 Å². The summed E-state index contributed by atoms with van der Waals surface area (Å²) in [5.74, 6) is 0. The minimum absolute atomic E-state index is 0.111. The van der Waals surface area contributed by atoms with E-state index >= 15 is 0 Å². The van der Waals surface area contributed by atoms with Crippen LogP contribution in [0.5, 0.6) is 0 Å². The summed E-state index contributed by atoms with van der Waals surface area (Å²) in [7, 11) is 1.91. The van der Waals surface area contributed by atoms with Crippen LogP contribution in [-0.4, -0.2) is 21.8 Å². The minimum atomic E-state index is -0.111. The molecule has 2 aromatic carbocycles. The topological polar surface area (TPSA) is 51.0 Å². The van der Waals surface area contributed by atoms with Gasteiger partial charge in [-0.2, -0.15) is 5.10 Å². The molecule has 134 valence electrons. The van der Waals surface area contributed by atoms with Crippen molar-refractivity contribution in [2.75, 3.05) is 11.9 Å². The van der Waals surface area contributed by atoms with Gasteiger partial charge in [-0.25, -0.2) is 4.68 Å². The summed E-state index contributed by atoms with van der Waals surface area (Å²) >= 11 is 0. The highest BCUT2D eigenvalue weighted by Gasteiger charge is 2.16. The molecule has 0 spiro atoms. The molecule has 0 aliphatic heterocycles. The fraction of sp³-hybridized carbons (Fsp3) is 0.136. The number of aryl methyl sites for hydroxylation is 1. The van der Waals surface area contributed by atoms with Crippen molar-refractivity contribution in [1.82, 2.24) is 14.8 Å². The molecule has 0 saturated carbocycles. The Kier molecular flexibility index (Phi) is 4.42. The van der Waals surface area contributed by atoms with E-state index in [-0.39, 0.29) is 5.56 Å². The molecular weight excluding hydrogens is 336 g/mol. The Labute approximate surface area is 157 Å². The second-order valence-corrected chi connectivity index (χ2v) is 6.31. The SMILES string of the molecule is CCn1nc(-c2ccccc2)cc(N(C)c2cccc3ncccc23)c1=O. The maximum atomic E-state index is 13.0. The molecule has 4 aromatic rings. The molecule has 0 atom stereocenters. The first-order valence-electron chi connectivity index (χ1n) is 8.94. The van der Waals surface area contributed by atoms with Gasteiger partial charge in [0.05, 0.1) is 16.9 Å². The molecule has 0 aliphatic rings. The molecule has 0 radical (unpaired) electrons. The van der Waals surface area contributed by atoms with E-state index in [0.717, 1.165) is 27.8 Å². The summed E-state index contributed by atoms with van der Waals surface area (Å²) in [5.41, 5.74) is 4.06. The number of benzene rings is 2. The Morgan fingerprint density at radius 2 is 1.78 bits per heavy atom. The molecule has 0 N–H and O–H groups in total. The van der Waals surface area contributed by atoms with Crippen LogP contribution in [0.4, 0.5) is 11.4 Å². The smallest absolute Gasteiger partial charge is 0.290 e. The van der Waals surface area contributed by atoms with Crippen LogP contribution in [0.1, 0.15) is 6.92 Å². The third-order valence-electron chi connectivity index (χ3n) is 4.67. The van der Waals surface area contributed by atoms with Gasteiger partial charge in [0, 0.05) is 30.7 Å². The normalized spacial score (nSPS) is 10.9. The standard InChI is InChI=1S/C22H20N4O/c1-3-26-22(27)21(15-19(24-26)16-9-5-4-6-10-16)25(2)20-13-7-12-18-17(20)11-8-14-23-18/h4-15H,3H2,1-2H3. The van der Waals surface area contributed by atoms with Crippen LogP contribution in [0.2, 0.25) is 0 Å². The van der Waals surface area contributed by atoms with Gasteiger partial charge in [-0.05, 0) is 37.3 Å². The molecule has 0 amide bonds. The molecule has 0 saturated heterocycles. The van der Waals surface area contributed by atoms with Gasteiger partial charge in [-0.3, -0.25) is 9.78 Å². The number of hydrogen-bond donors (Lipinski definition) is 0. The first kappa shape index (κ1) is 17.0. The van der Waals surface area contributed by atoms with E-state index in [0.29, 0.717) is 12.2 Å². The van der Waals surface area contributed by atoms with Gasteiger partial charge in [0.15, 0.2) is 0 Å². The largest absolute Gasteiger partial charge is 0.339 e. The monoisotopic (exact) mass is 356 g/mol. The van der Waals surface area contributed by atoms with Gasteiger partial charge in [0.2, 0.25) is 0 Å². The lowest BCUT2D eigenvalue weighted by Crippen LogP contribution is -2.28. The second kappa shape index (κ2) is 7.03. The number of anilines is 2. The van der Waals surface area contributed by atoms with E-state index in [4.69, 9.17) is 0 Å². The Bertz CT molecular complexity index is 1150. The lowest BCUT2D eigenvalue weighted by Gasteiger charge is -2.22. The van der Waals surface area contributed by atoms with Crippen LogP contribution in [0.3, 0.4) is 0 Å². The van der Waals surface area contributed by atoms with E-state index in [1.807, 2.05) is 85.6 Å². The molecule has 2 aromatic heterocycles. The summed E-state index contributed by atoms with van der Waals surface area (Å²) in [6, 6.07) is 21.6. The van der Waals surface area contributed by atoms with Gasteiger partial charge in [-0.15, -0.1) is 0 Å². The second-order valence-electron chi connectivity index (χ2n) is 6.31. The Hall–Kier alpha value is -3.47. The molecule has 5 heteroatoms. The van der Waals surface area contributed by atoms with Crippen molar-refractivity contribution >= 4 is 22.3 Å². The van der Waals surface area contributed by atoms with E-state index < -0.39 is 0 Å². The fourth-order valence-electron chi connectivity index (χ4n) is 3.24. The van der Waals surface area contributed by atoms with Crippen LogP contribution in [-0.2, 0) is 6.54 Å². The average Bonchev–Trinajstić information content (AvgIpc) is 2.73. The van der Waals surface area contributed by atoms with Crippen LogP contribution in [0, 0.1) is 0 Å². The number of nitrogens with zero attached hydrogens (tertiary/aromatic N) is 4. The van der Waals surface area contributed by atoms with E-state index in [9.17, 15) is 4.79 Å². The molecule has 2 heterocycles. The number of rotatable bonds is 4. The summed E-state index contributed by atoms with van der Waals surface area (Å²) in [6.07, 6.45) is 1.77. The molecule has 0 fully saturated rings. The third-order valence-corrected chi connectivity index (χ3v) is 4.67. The summed E-state index contributed by atoms with van der Waals surface area (Å²) in [5, 5.41) is 5.53. The fourth-order valence-corrected chi connectivity index (χ4v) is 3.24. The highest BCUT2D eigenvalue weighted by Crippen LogP contribution is 2.30. The van der Waals surface area contributed by atoms with Crippen molar-refractivity contribution < 1.29 is 0 Å². The number of fused-ring (bicyclic) bond motifs is 1. The zero-order valence-electron chi connectivity index (χ0n) is 15.3. The minimum Gasteiger partial charge on any atom is -0.339 e. The zero-order chi connectivity index (χ0) is 18.8. The Morgan fingerprint density at radius 1 is 0.963 bits per heavy atom. The van der Waals surface area contributed by atoms with E-state index in [1.54, 1.807) is 6.20 Å². The molecule has 27 heavy (non-hydrogen) atoms. The quantitative estimate of drug-likeness (QED) is 0.549. The van der Waals surface area contributed by atoms with Crippen molar-refractivity contribution in [2.24, 2.45) is 0 Å². The van der Waals surface area contributed by atoms with Gasteiger partial charge >= 0.3 is 0 Å². The molecule has 0 aliphatic carbocycles. The maximum absolute atomic E-state index is 13.0. The van der Waals surface area contributed by atoms with Crippen LogP contribution < -0.4 is 10.5 Å². The lowest BCUT2D eigenvalue weighted by atomic mass is 10.1. The Morgan fingerprint density at radius 3 is 2.56 bits per heavy atom. The summed E-state index contributed by atoms with van der Waals surface area (Å²) < 4.78 is 1.51. The highest BCUT2D eigenvalue weighted by molar-refractivity contribution is 5.93. The zero-order valence-corrected chi connectivity index (χ0v) is 15.3. The van der Waals surface area contributed by atoms with Gasteiger partial charge in [0.1, 0.15) is 5.69 Å². The summed E-state index contributed by atoms with van der Waals surface area (Å²) in [4.78, 5) is 19.3. The molecule has 4 rings (SSSR count). The van der Waals surface area contributed by atoms with Crippen LogP contribution in [0.15, 0.2) is 77.7 Å². The van der Waals surface area contributed by atoms with Crippen molar-refractivity contribution in [2.45, 2.75) is 13.5 Å². The average molecular weight is 356 g/mol. The van der Waals surface area contributed by atoms with Crippen molar-refractivity contribution in [1.29, 1.82) is 0 Å². The van der Waals surface area contributed by atoms with Gasteiger partial charge < -0.3 is 4.90 Å². The first-order valence-corrected chi connectivity index (χ1v) is 8.94. The third kappa shape index (κ3) is 3.08. The Balaban J connectivity index is 1.91. The van der Waals surface area contributed by atoms with Gasteiger partial charge in [0.25, 0.3) is 5.56 Å². The molecule has 5 nitrogen and oxygen atoms in total. The number of pyridine rings is 1. The van der Waals surface area contributed by atoms with Crippen molar-refractivity contribution in [3.63, 3.8) is 0 Å². The van der Waals surface area contributed by atoms with Crippen molar-refractivity contribution in [3.8, 4) is 11.3 Å². The molecular formula is C22H20N4O. The van der Waals surface area contributed by atoms with Crippen molar-refractivity contribution in [3.05, 3.63) is 83.3 Å². The maximum Gasteiger partial charge on any atom is 0.290 e.